The largest absolute Gasteiger partial charge is 0.364 e. The van der Waals surface area contributed by atoms with Gasteiger partial charge in [0.1, 0.15) is 0 Å². The molecule has 0 saturated carbocycles. The summed E-state index contributed by atoms with van der Waals surface area (Å²) in [5.74, 6) is -0.352. The first-order chi connectivity index (χ1) is 7.17. The molecule has 1 aromatic rings. The zero-order valence-corrected chi connectivity index (χ0v) is 9.62. The van der Waals surface area contributed by atoms with Gasteiger partial charge in [0.05, 0.1) is 5.56 Å². The molecule has 1 rings (SSSR count). The second-order valence-electron chi connectivity index (χ2n) is 3.00. The highest BCUT2D eigenvalue weighted by Crippen LogP contribution is 2.10. The lowest BCUT2D eigenvalue weighted by molar-refractivity contribution is -0.103. The van der Waals surface area contributed by atoms with E-state index in [1.807, 2.05) is 13.8 Å². The number of benzene rings is 1. The monoisotopic (exact) mass is 227 g/mol. The highest BCUT2D eigenvalue weighted by Gasteiger charge is 2.10. The highest BCUT2D eigenvalue weighted by atomic mass is 35.5. The molecule has 0 unspecified atom stereocenters. The Hall–Kier alpha value is -1.06. The fourth-order valence-electron chi connectivity index (χ4n) is 1.11. The Morgan fingerprint density at radius 3 is 2.27 bits per heavy atom. The maximum absolute atomic E-state index is 11.6. The van der Waals surface area contributed by atoms with Gasteiger partial charge in [0, 0.05) is 18.1 Å². The fourth-order valence-corrected chi connectivity index (χ4v) is 1.23. The third kappa shape index (κ3) is 3.53. The van der Waals surface area contributed by atoms with Crippen molar-refractivity contribution in [2.24, 2.45) is 0 Å². The minimum atomic E-state index is -0.352. The van der Waals surface area contributed by atoms with Gasteiger partial charge in [-0.25, -0.2) is 4.79 Å². The summed E-state index contributed by atoms with van der Waals surface area (Å²) in [4.78, 5) is 16.7. The van der Waals surface area contributed by atoms with Gasteiger partial charge in [-0.2, -0.15) is 0 Å². The predicted octanol–water partition coefficient (Wildman–Crippen LogP) is 2.75. The zero-order chi connectivity index (χ0) is 11.3. The van der Waals surface area contributed by atoms with Crippen molar-refractivity contribution in [1.82, 2.24) is 5.06 Å². The van der Waals surface area contributed by atoms with Crippen molar-refractivity contribution in [3.63, 3.8) is 0 Å². The Morgan fingerprint density at radius 1 is 1.27 bits per heavy atom. The summed E-state index contributed by atoms with van der Waals surface area (Å²) in [5, 5.41) is 2.20. The van der Waals surface area contributed by atoms with Crippen LogP contribution in [0.25, 0.3) is 0 Å². The standard InChI is InChI=1S/C11H14ClNO2/c1-3-13(4-2)15-11(14)9-5-7-10(12)8-6-9/h5-8H,3-4H2,1-2H3. The van der Waals surface area contributed by atoms with E-state index in [9.17, 15) is 4.79 Å². The first-order valence-corrected chi connectivity index (χ1v) is 5.28. The summed E-state index contributed by atoms with van der Waals surface area (Å²) in [7, 11) is 0. The van der Waals surface area contributed by atoms with Crippen LogP contribution < -0.4 is 0 Å². The number of nitrogens with zero attached hydrogens (tertiary/aromatic N) is 1. The fraction of sp³-hybridized carbons (Fsp3) is 0.364. The van der Waals surface area contributed by atoms with E-state index in [0.29, 0.717) is 23.7 Å². The van der Waals surface area contributed by atoms with Crippen molar-refractivity contribution >= 4 is 17.6 Å². The molecule has 0 N–H and O–H groups in total. The second-order valence-corrected chi connectivity index (χ2v) is 3.44. The Kier molecular flexibility index (Phi) is 4.59. The smallest absolute Gasteiger partial charge is 0.357 e. The summed E-state index contributed by atoms with van der Waals surface area (Å²) in [6, 6.07) is 6.63. The lowest BCUT2D eigenvalue weighted by Gasteiger charge is -2.16. The number of carbonyl (C=O) groups excluding carboxylic acids is 1. The topological polar surface area (TPSA) is 29.5 Å². The predicted molar refractivity (Wildman–Crippen MR) is 59.8 cm³/mol. The average Bonchev–Trinajstić information content (AvgIpc) is 2.26. The van der Waals surface area contributed by atoms with Gasteiger partial charge in [-0.15, -0.1) is 5.06 Å². The lowest BCUT2D eigenvalue weighted by atomic mass is 10.2. The van der Waals surface area contributed by atoms with Crippen molar-refractivity contribution in [3.05, 3.63) is 34.9 Å². The Bertz CT molecular complexity index is 320. The number of hydroxylamine groups is 2. The van der Waals surface area contributed by atoms with E-state index in [2.05, 4.69) is 0 Å². The van der Waals surface area contributed by atoms with Gasteiger partial charge in [0.25, 0.3) is 0 Å². The van der Waals surface area contributed by atoms with Crippen molar-refractivity contribution in [1.29, 1.82) is 0 Å². The lowest BCUT2D eigenvalue weighted by Crippen LogP contribution is -2.26. The minimum absolute atomic E-state index is 0.352. The van der Waals surface area contributed by atoms with Crippen molar-refractivity contribution in [2.75, 3.05) is 13.1 Å². The molecule has 0 fully saturated rings. The van der Waals surface area contributed by atoms with Gasteiger partial charge in [-0.05, 0) is 38.1 Å². The summed E-state index contributed by atoms with van der Waals surface area (Å²) < 4.78 is 0. The van der Waals surface area contributed by atoms with Crippen LogP contribution in [0.2, 0.25) is 5.02 Å². The second kappa shape index (κ2) is 5.73. The molecule has 15 heavy (non-hydrogen) atoms. The highest BCUT2D eigenvalue weighted by molar-refractivity contribution is 6.30. The average molecular weight is 228 g/mol. The van der Waals surface area contributed by atoms with Gasteiger partial charge >= 0.3 is 5.97 Å². The molecule has 4 heteroatoms. The summed E-state index contributed by atoms with van der Waals surface area (Å²) in [6.45, 7) is 5.21. The number of hydrogen-bond donors (Lipinski definition) is 0. The van der Waals surface area contributed by atoms with Crippen LogP contribution in [0.4, 0.5) is 0 Å². The third-order valence-corrected chi connectivity index (χ3v) is 2.25. The molecule has 0 heterocycles. The molecule has 0 radical (unpaired) electrons. The quantitative estimate of drug-likeness (QED) is 0.741. The van der Waals surface area contributed by atoms with Gasteiger partial charge in [0.2, 0.25) is 0 Å². The maximum Gasteiger partial charge on any atom is 0.357 e. The van der Waals surface area contributed by atoms with E-state index >= 15 is 0 Å². The summed E-state index contributed by atoms with van der Waals surface area (Å²) in [6.07, 6.45) is 0. The molecule has 0 aliphatic carbocycles. The van der Waals surface area contributed by atoms with E-state index < -0.39 is 0 Å². The van der Waals surface area contributed by atoms with Gasteiger partial charge in [-0.3, -0.25) is 0 Å². The molecule has 0 aromatic heterocycles. The maximum atomic E-state index is 11.6. The molecular weight excluding hydrogens is 214 g/mol. The molecule has 3 nitrogen and oxygen atoms in total. The van der Waals surface area contributed by atoms with E-state index in [1.54, 1.807) is 29.3 Å². The Morgan fingerprint density at radius 2 is 1.80 bits per heavy atom. The number of hydrogen-bond acceptors (Lipinski definition) is 3. The van der Waals surface area contributed by atoms with Crippen LogP contribution in [-0.2, 0) is 4.84 Å². The summed E-state index contributed by atoms with van der Waals surface area (Å²) >= 11 is 5.71. The molecular formula is C11H14ClNO2. The summed E-state index contributed by atoms with van der Waals surface area (Å²) in [5.41, 5.74) is 0.506. The Labute approximate surface area is 94.5 Å². The van der Waals surface area contributed by atoms with E-state index in [4.69, 9.17) is 16.4 Å². The van der Waals surface area contributed by atoms with E-state index in [0.717, 1.165) is 0 Å². The van der Waals surface area contributed by atoms with Crippen LogP contribution in [0.15, 0.2) is 24.3 Å². The molecule has 0 atom stereocenters. The van der Waals surface area contributed by atoms with E-state index in [-0.39, 0.29) is 5.97 Å². The Balaban J connectivity index is 2.64. The normalized spacial score (nSPS) is 10.4. The van der Waals surface area contributed by atoms with Crippen LogP contribution >= 0.6 is 11.6 Å². The van der Waals surface area contributed by atoms with Crippen LogP contribution in [-0.4, -0.2) is 24.1 Å². The zero-order valence-electron chi connectivity index (χ0n) is 8.87. The first-order valence-electron chi connectivity index (χ1n) is 4.90. The molecule has 0 spiro atoms. The molecule has 0 saturated heterocycles. The van der Waals surface area contributed by atoms with Gasteiger partial charge in [0.15, 0.2) is 0 Å². The van der Waals surface area contributed by atoms with Gasteiger partial charge in [-0.1, -0.05) is 11.6 Å². The van der Waals surface area contributed by atoms with E-state index in [1.165, 1.54) is 0 Å². The van der Waals surface area contributed by atoms with Crippen molar-refractivity contribution < 1.29 is 9.63 Å². The van der Waals surface area contributed by atoms with Crippen LogP contribution in [0.3, 0.4) is 0 Å². The third-order valence-electron chi connectivity index (χ3n) is 2.00. The minimum Gasteiger partial charge on any atom is -0.364 e. The SMILES string of the molecule is CCN(CC)OC(=O)c1ccc(Cl)cc1. The molecule has 0 aliphatic heterocycles. The number of rotatable bonds is 4. The molecule has 0 aliphatic rings. The molecule has 82 valence electrons. The molecule has 0 amide bonds. The van der Waals surface area contributed by atoms with Crippen molar-refractivity contribution in [2.45, 2.75) is 13.8 Å². The van der Waals surface area contributed by atoms with Crippen molar-refractivity contribution in [3.8, 4) is 0 Å². The van der Waals surface area contributed by atoms with Crippen LogP contribution in [0.1, 0.15) is 24.2 Å². The molecule has 1 aromatic carbocycles. The first kappa shape index (κ1) is 12.0. The number of halogens is 1. The van der Waals surface area contributed by atoms with Crippen LogP contribution in [0.5, 0.6) is 0 Å². The molecule has 0 bridgehead atoms. The van der Waals surface area contributed by atoms with Gasteiger partial charge < -0.3 is 4.84 Å². The number of carbonyl (C=O) groups is 1. The van der Waals surface area contributed by atoms with Crippen LogP contribution in [0, 0.1) is 0 Å².